The lowest BCUT2D eigenvalue weighted by Gasteiger charge is -2.35. The summed E-state index contributed by atoms with van der Waals surface area (Å²) in [5, 5.41) is 0. The van der Waals surface area contributed by atoms with Crippen molar-refractivity contribution in [3.8, 4) is 0 Å². The summed E-state index contributed by atoms with van der Waals surface area (Å²) in [6, 6.07) is 0.696. The summed E-state index contributed by atoms with van der Waals surface area (Å²) in [6.07, 6.45) is 9.65. The van der Waals surface area contributed by atoms with Gasteiger partial charge in [-0.25, -0.2) is 0 Å². The third-order valence-corrected chi connectivity index (χ3v) is 5.61. The SMILES string of the molecule is CN1CCC[C@@H]1[C]1[CH][CH][CH][C]1[Si](C)(C)C. The Bertz CT molecular complexity index is 221. The molecule has 0 aromatic rings. The van der Waals surface area contributed by atoms with E-state index in [9.17, 15) is 0 Å². The maximum Gasteiger partial charge on any atom is 0.0521 e. The van der Waals surface area contributed by atoms with Gasteiger partial charge in [0.1, 0.15) is 0 Å². The zero-order valence-electron chi connectivity index (χ0n) is 10.4. The molecule has 2 aliphatic rings. The predicted molar refractivity (Wildman–Crippen MR) is 68.4 cm³/mol. The van der Waals surface area contributed by atoms with Crippen molar-refractivity contribution in [2.24, 2.45) is 0 Å². The Morgan fingerprint density at radius 2 is 2.00 bits per heavy atom. The van der Waals surface area contributed by atoms with Crippen molar-refractivity contribution in [3.63, 3.8) is 0 Å². The summed E-state index contributed by atoms with van der Waals surface area (Å²) in [7, 11) is 1.11. The highest BCUT2D eigenvalue weighted by atomic mass is 28.3. The van der Waals surface area contributed by atoms with Gasteiger partial charge in [0.15, 0.2) is 0 Å². The Balaban J connectivity index is 2.07. The van der Waals surface area contributed by atoms with E-state index >= 15 is 0 Å². The lowest BCUT2D eigenvalue weighted by Crippen LogP contribution is -2.41. The number of hydrogen-bond acceptors (Lipinski definition) is 1. The van der Waals surface area contributed by atoms with Crippen molar-refractivity contribution in [1.29, 1.82) is 0 Å². The fraction of sp³-hybridized carbons (Fsp3) is 0.615. The summed E-state index contributed by atoms with van der Waals surface area (Å²) in [5.74, 6) is 1.62. The van der Waals surface area contributed by atoms with E-state index in [0.29, 0.717) is 6.04 Å². The normalized spacial score (nSPS) is 31.6. The minimum atomic E-state index is -1.15. The maximum absolute atomic E-state index is 2.51. The molecule has 1 aliphatic carbocycles. The standard InChI is InChI=1S/C13H22NSi/c1-14-10-6-8-12(14)11-7-5-9-13(11)15(2,3)4/h5,7,9,12H,6,8,10H2,1-4H3/t12-/m1/s1. The van der Waals surface area contributed by atoms with Crippen LogP contribution in [-0.4, -0.2) is 32.6 Å². The van der Waals surface area contributed by atoms with E-state index in [4.69, 9.17) is 0 Å². The van der Waals surface area contributed by atoms with Gasteiger partial charge < -0.3 is 4.90 Å². The van der Waals surface area contributed by atoms with Crippen LogP contribution >= 0.6 is 0 Å². The topological polar surface area (TPSA) is 3.24 Å². The second-order valence-electron chi connectivity index (χ2n) is 5.78. The summed E-state index contributed by atoms with van der Waals surface area (Å²) in [6.45, 7) is 8.60. The van der Waals surface area contributed by atoms with Crippen molar-refractivity contribution in [2.45, 2.75) is 38.5 Å². The number of likely N-dealkylation sites (tertiary alicyclic amines) is 1. The van der Waals surface area contributed by atoms with E-state index in [1.807, 2.05) is 0 Å². The second kappa shape index (κ2) is 4.21. The first kappa shape index (κ1) is 11.7. The minimum Gasteiger partial charge on any atom is -0.303 e. The van der Waals surface area contributed by atoms with Crippen molar-refractivity contribution in [1.82, 2.24) is 4.90 Å². The van der Waals surface area contributed by atoms with Crippen molar-refractivity contribution >= 4 is 8.07 Å². The summed E-state index contributed by atoms with van der Waals surface area (Å²) in [5.41, 5.74) is 1.67. The molecule has 2 fully saturated rings. The molecule has 2 heteroatoms. The smallest absolute Gasteiger partial charge is 0.0521 e. The van der Waals surface area contributed by atoms with Gasteiger partial charge in [0, 0.05) is 12.0 Å². The lowest BCUT2D eigenvalue weighted by atomic mass is 9.96. The molecule has 1 saturated heterocycles. The van der Waals surface area contributed by atoms with Gasteiger partial charge in [-0.1, -0.05) is 19.6 Å². The number of rotatable bonds is 2. The highest BCUT2D eigenvalue weighted by Crippen LogP contribution is 2.45. The molecule has 0 aromatic heterocycles. The van der Waals surface area contributed by atoms with Crippen LogP contribution in [0.25, 0.3) is 0 Å². The van der Waals surface area contributed by atoms with Crippen molar-refractivity contribution in [3.05, 3.63) is 30.7 Å². The summed E-state index contributed by atoms with van der Waals surface area (Å²) >= 11 is 0. The van der Waals surface area contributed by atoms with Crippen molar-refractivity contribution in [2.75, 3.05) is 13.6 Å². The van der Waals surface area contributed by atoms with Crippen LogP contribution in [0.1, 0.15) is 12.8 Å². The van der Waals surface area contributed by atoms with Gasteiger partial charge in [-0.15, -0.1) is 0 Å². The highest BCUT2D eigenvalue weighted by Gasteiger charge is 2.44. The van der Waals surface area contributed by atoms with E-state index in [0.717, 1.165) is 0 Å². The quantitative estimate of drug-likeness (QED) is 0.647. The Kier molecular flexibility index (Phi) is 3.27. The monoisotopic (exact) mass is 220 g/mol. The van der Waals surface area contributed by atoms with Gasteiger partial charge in [-0.2, -0.15) is 0 Å². The first-order valence-corrected chi connectivity index (χ1v) is 9.46. The maximum atomic E-state index is 2.51. The third-order valence-electron chi connectivity index (χ3n) is 3.54. The average Bonchev–Trinajstić information content (AvgIpc) is 2.69. The molecule has 5 radical (unpaired) electrons. The molecule has 2 rings (SSSR count). The van der Waals surface area contributed by atoms with Crippen LogP contribution < -0.4 is 0 Å². The van der Waals surface area contributed by atoms with Gasteiger partial charge in [0.25, 0.3) is 0 Å². The molecule has 0 aromatic carbocycles. The fourth-order valence-corrected chi connectivity index (χ4v) is 4.42. The minimum absolute atomic E-state index is 0.696. The molecule has 1 saturated carbocycles. The van der Waals surface area contributed by atoms with Gasteiger partial charge >= 0.3 is 0 Å². The average molecular weight is 220 g/mol. The molecule has 1 heterocycles. The van der Waals surface area contributed by atoms with E-state index in [2.05, 4.69) is 50.9 Å². The van der Waals surface area contributed by atoms with Crippen LogP contribution in [0.4, 0.5) is 0 Å². The Morgan fingerprint density at radius 1 is 1.27 bits per heavy atom. The molecule has 83 valence electrons. The molecule has 0 amide bonds. The van der Waals surface area contributed by atoms with Gasteiger partial charge in [-0.05, 0) is 51.2 Å². The Hall–Kier alpha value is 0.177. The fourth-order valence-electron chi connectivity index (χ4n) is 2.71. The molecule has 1 atom stereocenters. The summed E-state index contributed by atoms with van der Waals surface area (Å²) in [4.78, 5) is 2.51. The van der Waals surface area contributed by atoms with E-state index in [-0.39, 0.29) is 0 Å². The number of hydrogen-bond donors (Lipinski definition) is 0. The first-order chi connectivity index (χ1) is 7.00. The largest absolute Gasteiger partial charge is 0.303 e. The van der Waals surface area contributed by atoms with Gasteiger partial charge in [0.2, 0.25) is 0 Å². The van der Waals surface area contributed by atoms with Crippen LogP contribution in [0.5, 0.6) is 0 Å². The van der Waals surface area contributed by atoms with Crippen molar-refractivity contribution < 1.29 is 0 Å². The molecule has 1 nitrogen and oxygen atoms in total. The van der Waals surface area contributed by atoms with Crippen LogP contribution in [0.3, 0.4) is 0 Å². The zero-order valence-corrected chi connectivity index (χ0v) is 11.4. The van der Waals surface area contributed by atoms with E-state index < -0.39 is 8.07 Å². The first-order valence-electron chi connectivity index (χ1n) is 5.96. The Labute approximate surface area is 96.2 Å². The summed E-state index contributed by atoms with van der Waals surface area (Å²) < 4.78 is 0. The van der Waals surface area contributed by atoms with Crippen LogP contribution in [0, 0.1) is 30.7 Å². The van der Waals surface area contributed by atoms with Crippen LogP contribution in [0.2, 0.25) is 19.6 Å². The highest BCUT2D eigenvalue weighted by molar-refractivity contribution is 6.82. The Morgan fingerprint density at radius 3 is 2.53 bits per heavy atom. The van der Waals surface area contributed by atoms with Crippen LogP contribution in [-0.2, 0) is 0 Å². The molecule has 1 aliphatic heterocycles. The number of nitrogens with zero attached hydrogens (tertiary/aromatic N) is 1. The van der Waals surface area contributed by atoms with E-state index in [1.54, 1.807) is 11.5 Å². The van der Waals surface area contributed by atoms with E-state index in [1.165, 1.54) is 19.4 Å². The second-order valence-corrected chi connectivity index (χ2v) is 10.8. The molecular formula is C13H22NSi. The van der Waals surface area contributed by atoms with Gasteiger partial charge in [0.05, 0.1) is 8.07 Å². The molecule has 0 spiro atoms. The van der Waals surface area contributed by atoms with Gasteiger partial charge in [-0.3, -0.25) is 0 Å². The third kappa shape index (κ3) is 2.31. The lowest BCUT2D eigenvalue weighted by molar-refractivity contribution is 0.328. The van der Waals surface area contributed by atoms with Crippen LogP contribution in [0.15, 0.2) is 0 Å². The molecule has 15 heavy (non-hydrogen) atoms. The molecule has 0 unspecified atom stereocenters. The zero-order chi connectivity index (χ0) is 11.1. The predicted octanol–water partition coefficient (Wildman–Crippen LogP) is 2.73. The molecular weight excluding hydrogens is 198 g/mol. The molecule has 0 N–H and O–H groups in total. The molecule has 0 bridgehead atoms.